The molecule has 0 radical (unpaired) electrons. The summed E-state index contributed by atoms with van der Waals surface area (Å²) in [4.78, 5) is 5.97. The Morgan fingerprint density at radius 1 is 1.10 bits per heavy atom. The van der Waals surface area contributed by atoms with E-state index in [1.165, 1.54) is 22.3 Å². The summed E-state index contributed by atoms with van der Waals surface area (Å²) in [7, 11) is 0. The Labute approximate surface area is 121 Å². The minimum atomic E-state index is -0.222. The lowest BCUT2D eigenvalue weighted by atomic mass is 10.1. The molecule has 2 N–H and O–H groups in total. The molecule has 2 aromatic rings. The summed E-state index contributed by atoms with van der Waals surface area (Å²) < 4.78 is 13.1. The van der Waals surface area contributed by atoms with Gasteiger partial charge < -0.3 is 5.73 Å². The Balaban J connectivity index is 2.07. The summed E-state index contributed by atoms with van der Waals surface area (Å²) in [6.07, 6.45) is 0. The normalized spacial score (nSPS) is 16.9. The van der Waals surface area contributed by atoms with E-state index in [1.54, 1.807) is 23.9 Å². The van der Waals surface area contributed by atoms with Crippen LogP contribution in [0.5, 0.6) is 0 Å². The molecular weight excluding hydrogens is 271 g/mol. The van der Waals surface area contributed by atoms with E-state index in [0.29, 0.717) is 6.54 Å². The number of hydrogen-bond acceptors (Lipinski definition) is 3. The molecule has 0 aliphatic carbocycles. The second-order valence-corrected chi connectivity index (χ2v) is 5.74. The van der Waals surface area contributed by atoms with E-state index in [2.05, 4.69) is 6.07 Å². The van der Waals surface area contributed by atoms with Crippen molar-refractivity contribution in [3.05, 3.63) is 70.5 Å². The zero-order valence-corrected chi connectivity index (χ0v) is 11.7. The molecule has 2 aromatic carbocycles. The van der Waals surface area contributed by atoms with Crippen molar-refractivity contribution in [1.29, 1.82) is 0 Å². The second-order valence-electron chi connectivity index (χ2n) is 4.60. The summed E-state index contributed by atoms with van der Waals surface area (Å²) in [5.74, 6) is 0.636. The quantitative estimate of drug-likeness (QED) is 0.933. The minimum Gasteiger partial charge on any atom is -0.330 e. The summed E-state index contributed by atoms with van der Waals surface area (Å²) >= 11 is 1.74. The molecule has 0 fully saturated rings. The number of nitrogens with two attached hydrogens (primary N) is 1. The number of halogens is 1. The van der Waals surface area contributed by atoms with Crippen LogP contribution in [0.1, 0.15) is 11.6 Å². The summed E-state index contributed by atoms with van der Waals surface area (Å²) in [6.45, 7) is 0.631. The first-order valence-electron chi connectivity index (χ1n) is 6.55. The maximum Gasteiger partial charge on any atom is 0.123 e. The first-order valence-corrected chi connectivity index (χ1v) is 7.53. The molecule has 1 atom stereocenters. The first-order chi connectivity index (χ1) is 9.79. The van der Waals surface area contributed by atoms with Crippen molar-refractivity contribution in [2.75, 3.05) is 12.3 Å². The van der Waals surface area contributed by atoms with Crippen LogP contribution in [0, 0.1) is 5.82 Å². The van der Waals surface area contributed by atoms with Crippen molar-refractivity contribution in [1.82, 2.24) is 0 Å². The van der Waals surface area contributed by atoms with Gasteiger partial charge in [0, 0.05) is 22.4 Å². The third kappa shape index (κ3) is 2.49. The van der Waals surface area contributed by atoms with E-state index in [4.69, 9.17) is 10.7 Å². The molecular formula is C16H15FN2S. The number of para-hydroxylation sites is 1. The molecule has 102 valence electrons. The molecule has 0 saturated heterocycles. The number of fused-ring (bicyclic) bond motifs is 1. The topological polar surface area (TPSA) is 38.4 Å². The Bertz CT molecular complexity index is 725. The van der Waals surface area contributed by atoms with E-state index in [9.17, 15) is 4.39 Å². The molecule has 4 heteroatoms. The number of thioether (sulfide) groups is 1. The maximum atomic E-state index is 13.1. The van der Waals surface area contributed by atoms with Crippen molar-refractivity contribution < 1.29 is 4.39 Å². The van der Waals surface area contributed by atoms with Gasteiger partial charge in [0.05, 0.1) is 5.36 Å². The highest BCUT2D eigenvalue weighted by molar-refractivity contribution is 8.08. The van der Waals surface area contributed by atoms with Gasteiger partial charge in [-0.05, 0) is 23.8 Å². The summed E-state index contributed by atoms with van der Waals surface area (Å²) in [5, 5.41) is 2.17. The Kier molecular flexibility index (Phi) is 3.85. The lowest BCUT2D eigenvalue weighted by Gasteiger charge is -2.13. The predicted molar refractivity (Wildman–Crippen MR) is 81.3 cm³/mol. The molecule has 20 heavy (non-hydrogen) atoms. The van der Waals surface area contributed by atoms with Gasteiger partial charge in [-0.3, -0.25) is 4.99 Å². The molecule has 0 aromatic heterocycles. The number of rotatable bonds is 4. The molecule has 1 aliphatic rings. The number of benzene rings is 2. The zero-order valence-electron chi connectivity index (χ0n) is 10.9. The Hall–Kier alpha value is -1.65. The lowest BCUT2D eigenvalue weighted by molar-refractivity contribution is 0.626. The monoisotopic (exact) mass is 286 g/mol. The van der Waals surface area contributed by atoms with E-state index in [1.807, 2.05) is 18.2 Å². The third-order valence-electron chi connectivity index (χ3n) is 3.25. The van der Waals surface area contributed by atoms with Gasteiger partial charge in [-0.25, -0.2) is 4.39 Å². The van der Waals surface area contributed by atoms with E-state index in [0.717, 1.165) is 16.7 Å². The molecule has 1 aliphatic heterocycles. The standard InChI is InChI=1S/C16H15FN2S/c17-12-7-5-11(6-8-12)15-16(20-10-9-18)13-3-1-2-4-14(13)19-15/h1-8,15H,9-10,18H2/t15-/m1/s1. The second kappa shape index (κ2) is 5.77. The SMILES string of the molecule is NCCSC1=c2ccccc2=N[C@@H]1c1ccc(F)cc1. The zero-order chi connectivity index (χ0) is 13.9. The van der Waals surface area contributed by atoms with E-state index in [-0.39, 0.29) is 11.9 Å². The average Bonchev–Trinajstić information content (AvgIpc) is 2.84. The molecule has 3 rings (SSSR count). The van der Waals surface area contributed by atoms with Gasteiger partial charge in [-0.1, -0.05) is 30.3 Å². The molecule has 0 saturated carbocycles. The fourth-order valence-corrected chi connectivity index (χ4v) is 3.35. The van der Waals surface area contributed by atoms with Crippen LogP contribution in [0.4, 0.5) is 4.39 Å². The molecule has 1 heterocycles. The number of nitrogens with zero attached hydrogens (tertiary/aromatic N) is 1. The van der Waals surface area contributed by atoms with E-state index >= 15 is 0 Å². The Morgan fingerprint density at radius 2 is 1.85 bits per heavy atom. The highest BCUT2D eigenvalue weighted by Gasteiger charge is 2.21. The predicted octanol–water partition coefficient (Wildman–Crippen LogP) is 2.00. The lowest BCUT2D eigenvalue weighted by Crippen LogP contribution is -2.21. The van der Waals surface area contributed by atoms with Gasteiger partial charge in [0.15, 0.2) is 0 Å². The van der Waals surface area contributed by atoms with Crippen molar-refractivity contribution in [3.63, 3.8) is 0 Å². The molecule has 0 amide bonds. The number of hydrogen-bond donors (Lipinski definition) is 1. The fraction of sp³-hybridized carbons (Fsp3) is 0.188. The van der Waals surface area contributed by atoms with Crippen LogP contribution in [0.2, 0.25) is 0 Å². The third-order valence-corrected chi connectivity index (χ3v) is 4.44. The van der Waals surface area contributed by atoms with Gasteiger partial charge in [-0.15, -0.1) is 11.8 Å². The molecule has 0 bridgehead atoms. The van der Waals surface area contributed by atoms with Gasteiger partial charge in [0.2, 0.25) is 0 Å². The van der Waals surface area contributed by atoms with Crippen molar-refractivity contribution in [2.24, 2.45) is 10.7 Å². The first kappa shape index (κ1) is 13.3. The molecule has 2 nitrogen and oxygen atoms in total. The van der Waals surface area contributed by atoms with Crippen LogP contribution in [0.15, 0.2) is 53.5 Å². The van der Waals surface area contributed by atoms with Crippen molar-refractivity contribution in [3.8, 4) is 0 Å². The van der Waals surface area contributed by atoms with Crippen LogP contribution in [0.3, 0.4) is 0 Å². The van der Waals surface area contributed by atoms with E-state index < -0.39 is 0 Å². The van der Waals surface area contributed by atoms with Gasteiger partial charge in [0.1, 0.15) is 11.9 Å². The van der Waals surface area contributed by atoms with Crippen LogP contribution in [0.25, 0.3) is 4.91 Å². The maximum absolute atomic E-state index is 13.1. The van der Waals surface area contributed by atoms with Gasteiger partial charge >= 0.3 is 0 Å². The smallest absolute Gasteiger partial charge is 0.123 e. The summed E-state index contributed by atoms with van der Waals surface area (Å²) in [6, 6.07) is 14.6. The fourth-order valence-electron chi connectivity index (χ4n) is 2.34. The minimum absolute atomic E-state index is 0.0375. The average molecular weight is 286 g/mol. The van der Waals surface area contributed by atoms with Crippen LogP contribution < -0.4 is 16.3 Å². The molecule has 0 unspecified atom stereocenters. The highest BCUT2D eigenvalue weighted by atomic mass is 32.2. The Morgan fingerprint density at radius 3 is 2.60 bits per heavy atom. The molecule has 0 spiro atoms. The van der Waals surface area contributed by atoms with Crippen molar-refractivity contribution in [2.45, 2.75) is 6.04 Å². The van der Waals surface area contributed by atoms with Gasteiger partial charge in [0.25, 0.3) is 0 Å². The van der Waals surface area contributed by atoms with Gasteiger partial charge in [-0.2, -0.15) is 0 Å². The highest BCUT2D eigenvalue weighted by Crippen LogP contribution is 2.35. The van der Waals surface area contributed by atoms with Crippen molar-refractivity contribution >= 4 is 16.7 Å². The van der Waals surface area contributed by atoms with Crippen LogP contribution in [-0.4, -0.2) is 12.3 Å². The largest absolute Gasteiger partial charge is 0.330 e. The summed E-state index contributed by atoms with van der Waals surface area (Å²) in [5.41, 5.74) is 6.63. The van der Waals surface area contributed by atoms with Crippen LogP contribution in [-0.2, 0) is 0 Å². The van der Waals surface area contributed by atoms with Crippen LogP contribution >= 0.6 is 11.8 Å².